The van der Waals surface area contributed by atoms with Crippen molar-refractivity contribution >= 4 is 61.5 Å². The van der Waals surface area contributed by atoms with E-state index in [1.807, 2.05) is 49.8 Å². The summed E-state index contributed by atoms with van der Waals surface area (Å²) in [7, 11) is 0. The number of halogens is 2. The van der Waals surface area contributed by atoms with Gasteiger partial charge in [0.25, 0.3) is 0 Å². The molecule has 0 N–H and O–H groups in total. The number of benzene rings is 1. The Balaban J connectivity index is 1.60. The highest BCUT2D eigenvalue weighted by atomic mass is 79.9. The Morgan fingerprint density at radius 1 is 1.21 bits per heavy atom. The highest BCUT2D eigenvalue weighted by Gasteiger charge is 2.56. The number of amides is 2. The van der Waals surface area contributed by atoms with Gasteiger partial charge < -0.3 is 19.1 Å². The third-order valence-electron chi connectivity index (χ3n) is 8.50. The molecule has 1 aromatic carbocycles. The molecule has 0 unspecified atom stereocenters. The van der Waals surface area contributed by atoms with Crippen LogP contribution in [0.1, 0.15) is 70.3 Å². The molecule has 39 heavy (non-hydrogen) atoms. The van der Waals surface area contributed by atoms with Crippen LogP contribution in [0.2, 0.25) is 0 Å². The molecule has 4 atom stereocenters. The molecule has 7 rings (SSSR count). The second kappa shape index (κ2) is 9.36. The smallest absolute Gasteiger partial charge is 0.410 e. The maximum absolute atomic E-state index is 15.6. The first-order valence-corrected chi connectivity index (χ1v) is 15.6. The zero-order valence-corrected chi connectivity index (χ0v) is 25.6. The fourth-order valence-corrected chi connectivity index (χ4v) is 7.73. The highest BCUT2D eigenvalue weighted by Crippen LogP contribution is 2.54. The lowest BCUT2D eigenvalue weighted by Crippen LogP contribution is -2.45. The summed E-state index contributed by atoms with van der Waals surface area (Å²) < 4.78 is 24.2. The minimum absolute atomic E-state index is 0.0197. The Kier molecular flexibility index (Phi) is 6.45. The summed E-state index contributed by atoms with van der Waals surface area (Å²) in [6.07, 6.45) is 4.38. The quantitative estimate of drug-likeness (QED) is 0.297. The number of pyridine rings is 1. The number of hydrogen-bond acceptors (Lipinski definition) is 5. The van der Waals surface area contributed by atoms with Crippen molar-refractivity contribution in [2.24, 2.45) is 5.92 Å². The maximum Gasteiger partial charge on any atom is 0.410 e. The van der Waals surface area contributed by atoms with Crippen molar-refractivity contribution in [1.82, 2.24) is 19.4 Å². The Hall–Kier alpha value is -2.33. The van der Waals surface area contributed by atoms with Crippen molar-refractivity contribution in [1.29, 1.82) is 0 Å². The molecule has 3 saturated heterocycles. The van der Waals surface area contributed by atoms with Crippen molar-refractivity contribution < 1.29 is 18.7 Å². The molecule has 4 fully saturated rings. The van der Waals surface area contributed by atoms with E-state index < -0.39 is 5.60 Å². The first-order valence-electron chi connectivity index (χ1n) is 13.5. The Morgan fingerprint density at radius 2 is 1.95 bits per heavy atom. The van der Waals surface area contributed by atoms with Crippen molar-refractivity contribution in [2.45, 2.75) is 82.6 Å². The molecule has 2 bridgehead atoms. The summed E-state index contributed by atoms with van der Waals surface area (Å²) in [6.45, 7) is 10.5. The second-order valence-corrected chi connectivity index (χ2v) is 13.7. The van der Waals surface area contributed by atoms with E-state index in [-0.39, 0.29) is 41.9 Å². The molecule has 3 aromatic rings. The van der Waals surface area contributed by atoms with E-state index in [9.17, 15) is 9.59 Å². The van der Waals surface area contributed by atoms with Gasteiger partial charge >= 0.3 is 6.09 Å². The van der Waals surface area contributed by atoms with Crippen LogP contribution in [-0.4, -0.2) is 62.3 Å². The molecule has 4 aliphatic rings. The Morgan fingerprint density at radius 3 is 2.62 bits per heavy atom. The van der Waals surface area contributed by atoms with E-state index in [2.05, 4.69) is 26.6 Å². The van der Waals surface area contributed by atoms with E-state index in [1.54, 1.807) is 6.92 Å². The number of likely N-dealkylation sites (tertiary alicyclic amines) is 1. The van der Waals surface area contributed by atoms with Gasteiger partial charge in [-0.1, -0.05) is 0 Å². The maximum atomic E-state index is 15.6. The Bertz CT molecular complexity index is 1530. The number of thioether (sulfide) groups is 1. The monoisotopic (exact) mass is 616 g/mol. The van der Waals surface area contributed by atoms with Crippen LogP contribution in [-0.2, 0) is 9.53 Å². The molecule has 10 heteroatoms. The summed E-state index contributed by atoms with van der Waals surface area (Å²) in [4.78, 5) is 34.4. The number of carbonyl (C=O) groups excluding carboxylic acids is 2. The summed E-state index contributed by atoms with van der Waals surface area (Å²) in [6, 6.07) is 4.10. The molecular formula is C29H34BrFN4O3S. The van der Waals surface area contributed by atoms with Crippen molar-refractivity contribution in [3.63, 3.8) is 0 Å². The van der Waals surface area contributed by atoms with Crippen molar-refractivity contribution in [2.75, 3.05) is 19.3 Å². The first-order chi connectivity index (χ1) is 18.4. The zero-order valence-electron chi connectivity index (χ0n) is 23.2. The predicted octanol–water partition coefficient (Wildman–Crippen LogP) is 6.99. The fraction of sp³-hybridized carbons (Fsp3) is 0.552. The average molecular weight is 618 g/mol. The van der Waals surface area contributed by atoms with Crippen molar-refractivity contribution in [3.05, 3.63) is 33.7 Å². The third kappa shape index (κ3) is 4.15. The number of ether oxygens (including phenoxy) is 1. The number of carbonyl (C=O) groups is 2. The molecule has 1 aliphatic carbocycles. The van der Waals surface area contributed by atoms with E-state index in [0.717, 1.165) is 58.4 Å². The summed E-state index contributed by atoms with van der Waals surface area (Å²) in [5.74, 6) is -0.0544. The van der Waals surface area contributed by atoms with Gasteiger partial charge in [-0.2, -0.15) is 0 Å². The van der Waals surface area contributed by atoms with Crippen LogP contribution in [0, 0.1) is 18.7 Å². The van der Waals surface area contributed by atoms with Gasteiger partial charge in [0.2, 0.25) is 5.91 Å². The lowest BCUT2D eigenvalue weighted by Gasteiger charge is -2.40. The molecule has 2 aromatic heterocycles. The highest BCUT2D eigenvalue weighted by molar-refractivity contribution is 9.10. The SMILES string of the molecule is CSc1nc2c(F)c(Br)c(C)cc2c2c1cc([C@H]1CCCN1C(C)=O)n2[C@H]1[C@@H]2C[C@H]1N(C(=O)OC(C)(C)C)C2. The van der Waals surface area contributed by atoms with Crippen LogP contribution < -0.4 is 0 Å². The van der Waals surface area contributed by atoms with E-state index in [1.165, 1.54) is 11.8 Å². The summed E-state index contributed by atoms with van der Waals surface area (Å²) in [5.41, 5.74) is 2.55. The molecule has 7 nitrogen and oxygen atoms in total. The van der Waals surface area contributed by atoms with Gasteiger partial charge in [-0.3, -0.25) is 4.79 Å². The number of aromatic nitrogens is 2. The van der Waals surface area contributed by atoms with Crippen LogP contribution in [0.15, 0.2) is 21.6 Å². The zero-order chi connectivity index (χ0) is 28.0. The molecular weight excluding hydrogens is 583 g/mol. The van der Waals surface area contributed by atoms with Crippen LogP contribution in [0.25, 0.3) is 21.8 Å². The summed E-state index contributed by atoms with van der Waals surface area (Å²) in [5, 5.41) is 2.49. The predicted molar refractivity (Wildman–Crippen MR) is 155 cm³/mol. The van der Waals surface area contributed by atoms with E-state index >= 15 is 4.39 Å². The average Bonchev–Trinajstić information content (AvgIpc) is 3.63. The van der Waals surface area contributed by atoms with Gasteiger partial charge in [0.05, 0.1) is 28.1 Å². The van der Waals surface area contributed by atoms with Gasteiger partial charge in [-0.25, -0.2) is 14.2 Å². The number of rotatable bonds is 3. The summed E-state index contributed by atoms with van der Waals surface area (Å²) >= 11 is 4.91. The minimum Gasteiger partial charge on any atom is -0.444 e. The molecule has 5 heterocycles. The minimum atomic E-state index is -0.575. The van der Waals surface area contributed by atoms with Gasteiger partial charge in [-0.05, 0) is 86.8 Å². The van der Waals surface area contributed by atoms with Crippen molar-refractivity contribution in [3.8, 4) is 0 Å². The molecule has 1 saturated carbocycles. The molecule has 0 radical (unpaired) electrons. The number of hydrogen-bond donors (Lipinski definition) is 0. The Labute approximate surface area is 240 Å². The van der Waals surface area contributed by atoms with E-state index in [4.69, 9.17) is 9.72 Å². The standard InChI is InChI=1S/C29H34BrFN4O3S/c1-14-10-17-24(23(31)22(14)30)32-27(39-6)18-12-20(19-8-7-9-33(19)15(2)36)35(26(17)18)25-16-11-21(25)34(13-16)28(37)38-29(3,4)5/h10,12,16,19,21,25H,7-9,11,13H2,1-6H3/t16-,19-,21-,25+/m1/s1. The molecule has 208 valence electrons. The van der Waals surface area contributed by atoms with Gasteiger partial charge in [0, 0.05) is 42.4 Å². The number of fused-ring (bicyclic) bond motifs is 4. The van der Waals surface area contributed by atoms with Crippen LogP contribution in [0.4, 0.5) is 9.18 Å². The molecule has 0 spiro atoms. The lowest BCUT2D eigenvalue weighted by molar-refractivity contribution is -0.129. The normalized spacial score (nSPS) is 24.6. The number of nitrogens with zero attached hydrogens (tertiary/aromatic N) is 4. The topological polar surface area (TPSA) is 67.7 Å². The molecule has 3 aliphatic heterocycles. The lowest BCUT2D eigenvalue weighted by atomic mass is 9.79. The molecule has 2 amide bonds. The second-order valence-electron chi connectivity index (χ2n) is 12.1. The first kappa shape index (κ1) is 26.9. The van der Waals surface area contributed by atoms with Crippen LogP contribution >= 0.6 is 27.7 Å². The fourth-order valence-electron chi connectivity index (χ4n) is 6.87. The van der Waals surface area contributed by atoms with Gasteiger partial charge in [0.1, 0.15) is 16.1 Å². The van der Waals surface area contributed by atoms with E-state index in [0.29, 0.717) is 16.5 Å². The largest absolute Gasteiger partial charge is 0.444 e. The van der Waals surface area contributed by atoms with Gasteiger partial charge in [-0.15, -0.1) is 11.8 Å². The number of aryl methyl sites for hydroxylation is 1. The van der Waals surface area contributed by atoms with Crippen LogP contribution in [0.5, 0.6) is 0 Å². The van der Waals surface area contributed by atoms with Crippen LogP contribution in [0.3, 0.4) is 0 Å². The third-order valence-corrected chi connectivity index (χ3v) is 10.2. The van der Waals surface area contributed by atoms with Gasteiger partial charge in [0.15, 0.2) is 5.82 Å².